The second-order valence-corrected chi connectivity index (χ2v) is 4.64. The average Bonchev–Trinajstić information content (AvgIpc) is 2.44. The largest absolute Gasteiger partial charge is 0.466 e. The maximum absolute atomic E-state index is 11.8. The summed E-state index contributed by atoms with van der Waals surface area (Å²) in [6.45, 7) is 3.19. The number of hydrogen-bond donors (Lipinski definition) is 1. The van der Waals surface area contributed by atoms with Gasteiger partial charge >= 0.3 is 17.8 Å². The molecule has 0 unspecified atom stereocenters. The molecule has 1 aliphatic rings. The van der Waals surface area contributed by atoms with E-state index in [1.807, 2.05) is 0 Å². The first kappa shape index (κ1) is 15.8. The lowest BCUT2D eigenvalue weighted by atomic mass is 9.97. The fourth-order valence-corrected chi connectivity index (χ4v) is 2.05. The standard InChI is InChI=1S/C12H19ClN2O4/c1-2-19-12(18)9-3-7-15(8-4-9)11(17)10(16)14-6-5-13/h9H,2-8H2,1H3,(H,14,16). The van der Waals surface area contributed by atoms with E-state index < -0.39 is 11.8 Å². The van der Waals surface area contributed by atoms with Crippen LogP contribution >= 0.6 is 11.6 Å². The van der Waals surface area contributed by atoms with Crippen molar-refractivity contribution in [3.63, 3.8) is 0 Å². The molecule has 1 N–H and O–H groups in total. The van der Waals surface area contributed by atoms with Gasteiger partial charge in [-0.1, -0.05) is 0 Å². The minimum absolute atomic E-state index is 0.171. The second-order valence-electron chi connectivity index (χ2n) is 4.26. The number of nitrogens with zero attached hydrogens (tertiary/aromatic N) is 1. The first-order valence-electron chi connectivity index (χ1n) is 6.39. The lowest BCUT2D eigenvalue weighted by Gasteiger charge is -2.30. The normalized spacial score (nSPS) is 16.0. The molecule has 6 nitrogen and oxygen atoms in total. The van der Waals surface area contributed by atoms with Crippen molar-refractivity contribution >= 4 is 29.4 Å². The van der Waals surface area contributed by atoms with Crippen LogP contribution in [-0.4, -0.2) is 54.8 Å². The van der Waals surface area contributed by atoms with Crippen LogP contribution in [0.5, 0.6) is 0 Å². The third-order valence-electron chi connectivity index (χ3n) is 2.98. The molecule has 7 heteroatoms. The minimum Gasteiger partial charge on any atom is -0.466 e. The Labute approximate surface area is 117 Å². The van der Waals surface area contributed by atoms with Crippen molar-refractivity contribution in [3.8, 4) is 0 Å². The number of carbonyl (C=O) groups excluding carboxylic acids is 3. The highest BCUT2D eigenvalue weighted by Gasteiger charge is 2.30. The summed E-state index contributed by atoms with van der Waals surface area (Å²) in [7, 11) is 0. The first-order chi connectivity index (χ1) is 9.10. The molecule has 0 radical (unpaired) electrons. The van der Waals surface area contributed by atoms with Gasteiger partial charge in [-0.15, -0.1) is 11.6 Å². The summed E-state index contributed by atoms with van der Waals surface area (Å²) in [5.41, 5.74) is 0. The molecule has 1 saturated heterocycles. The fourth-order valence-electron chi connectivity index (χ4n) is 1.96. The number of alkyl halides is 1. The number of carbonyl (C=O) groups is 3. The average molecular weight is 291 g/mol. The van der Waals surface area contributed by atoms with Gasteiger partial charge in [-0.3, -0.25) is 14.4 Å². The van der Waals surface area contributed by atoms with Crippen molar-refractivity contribution in [1.82, 2.24) is 10.2 Å². The zero-order valence-electron chi connectivity index (χ0n) is 11.0. The number of hydrogen-bond acceptors (Lipinski definition) is 4. The van der Waals surface area contributed by atoms with Crippen LogP contribution in [0.2, 0.25) is 0 Å². The van der Waals surface area contributed by atoms with E-state index in [0.29, 0.717) is 32.5 Å². The van der Waals surface area contributed by atoms with E-state index in [0.717, 1.165) is 0 Å². The van der Waals surface area contributed by atoms with E-state index in [9.17, 15) is 14.4 Å². The van der Waals surface area contributed by atoms with Gasteiger partial charge in [0.25, 0.3) is 0 Å². The predicted octanol–water partition coefficient (Wildman–Crippen LogP) is 0.143. The molecule has 1 heterocycles. The van der Waals surface area contributed by atoms with E-state index in [1.54, 1.807) is 6.92 Å². The predicted molar refractivity (Wildman–Crippen MR) is 69.7 cm³/mol. The highest BCUT2D eigenvalue weighted by molar-refractivity contribution is 6.35. The van der Waals surface area contributed by atoms with Gasteiger partial charge in [0.05, 0.1) is 12.5 Å². The molecule has 19 heavy (non-hydrogen) atoms. The highest BCUT2D eigenvalue weighted by atomic mass is 35.5. The summed E-state index contributed by atoms with van der Waals surface area (Å²) in [6, 6.07) is 0. The number of nitrogens with one attached hydrogen (secondary N) is 1. The maximum Gasteiger partial charge on any atom is 0.311 e. The van der Waals surface area contributed by atoms with Crippen LogP contribution in [0, 0.1) is 5.92 Å². The van der Waals surface area contributed by atoms with Crippen LogP contribution in [0.15, 0.2) is 0 Å². The molecule has 108 valence electrons. The number of ether oxygens (including phenoxy) is 1. The van der Waals surface area contributed by atoms with Crippen LogP contribution < -0.4 is 5.32 Å². The molecule has 0 aromatic rings. The summed E-state index contributed by atoms with van der Waals surface area (Å²) >= 11 is 5.43. The van der Waals surface area contributed by atoms with Gasteiger partial charge < -0.3 is 15.0 Å². The molecule has 0 saturated carbocycles. The maximum atomic E-state index is 11.8. The van der Waals surface area contributed by atoms with Gasteiger partial charge in [0.1, 0.15) is 0 Å². The second kappa shape index (κ2) is 7.99. The van der Waals surface area contributed by atoms with Crippen molar-refractivity contribution in [3.05, 3.63) is 0 Å². The van der Waals surface area contributed by atoms with Crippen LogP contribution in [-0.2, 0) is 19.1 Å². The Morgan fingerprint density at radius 2 is 1.95 bits per heavy atom. The molecule has 0 aromatic carbocycles. The van der Waals surface area contributed by atoms with Crippen molar-refractivity contribution in [2.24, 2.45) is 5.92 Å². The zero-order valence-corrected chi connectivity index (χ0v) is 11.7. The van der Waals surface area contributed by atoms with E-state index in [1.165, 1.54) is 4.90 Å². The van der Waals surface area contributed by atoms with Gasteiger partial charge in [-0.2, -0.15) is 0 Å². The van der Waals surface area contributed by atoms with Gasteiger partial charge in [0.15, 0.2) is 0 Å². The molecule has 0 aliphatic carbocycles. The number of halogens is 1. The van der Waals surface area contributed by atoms with E-state index in [-0.39, 0.29) is 24.3 Å². The minimum atomic E-state index is -0.643. The van der Waals surface area contributed by atoms with Crippen LogP contribution in [0.1, 0.15) is 19.8 Å². The van der Waals surface area contributed by atoms with Crippen molar-refractivity contribution in [2.75, 3.05) is 32.1 Å². The molecular formula is C12H19ClN2O4. The van der Waals surface area contributed by atoms with E-state index >= 15 is 0 Å². The number of likely N-dealkylation sites (tertiary alicyclic amines) is 1. The molecule has 0 bridgehead atoms. The first-order valence-corrected chi connectivity index (χ1v) is 6.93. The monoisotopic (exact) mass is 290 g/mol. The quantitative estimate of drug-likeness (QED) is 0.454. The summed E-state index contributed by atoms with van der Waals surface area (Å²) in [5.74, 6) is -1.33. The van der Waals surface area contributed by atoms with Gasteiger partial charge in [0, 0.05) is 25.5 Å². The van der Waals surface area contributed by atoms with Crippen molar-refractivity contribution < 1.29 is 19.1 Å². The van der Waals surface area contributed by atoms with Crippen LogP contribution in [0.3, 0.4) is 0 Å². The Hall–Kier alpha value is -1.30. The van der Waals surface area contributed by atoms with Gasteiger partial charge in [-0.25, -0.2) is 0 Å². The topological polar surface area (TPSA) is 75.7 Å². The van der Waals surface area contributed by atoms with Gasteiger partial charge in [-0.05, 0) is 19.8 Å². The third-order valence-corrected chi connectivity index (χ3v) is 3.17. The Morgan fingerprint density at radius 1 is 1.32 bits per heavy atom. The van der Waals surface area contributed by atoms with Gasteiger partial charge in [0.2, 0.25) is 0 Å². The summed E-state index contributed by atoms with van der Waals surface area (Å²) in [6.07, 6.45) is 1.07. The highest BCUT2D eigenvalue weighted by Crippen LogP contribution is 2.18. The Kier molecular flexibility index (Phi) is 6.62. The third kappa shape index (κ3) is 4.70. The van der Waals surface area contributed by atoms with E-state index in [2.05, 4.69) is 5.32 Å². The molecule has 2 amide bonds. The Morgan fingerprint density at radius 3 is 2.47 bits per heavy atom. The fraction of sp³-hybridized carbons (Fsp3) is 0.750. The number of esters is 1. The number of rotatable bonds is 4. The summed E-state index contributed by atoms with van der Waals surface area (Å²) < 4.78 is 4.94. The Bertz CT molecular complexity index is 341. The molecule has 0 aromatic heterocycles. The zero-order chi connectivity index (χ0) is 14.3. The van der Waals surface area contributed by atoms with Crippen LogP contribution in [0.25, 0.3) is 0 Å². The summed E-state index contributed by atoms with van der Waals surface area (Å²) in [5, 5.41) is 2.43. The smallest absolute Gasteiger partial charge is 0.311 e. The molecule has 0 spiro atoms. The van der Waals surface area contributed by atoms with Crippen LogP contribution in [0.4, 0.5) is 0 Å². The molecular weight excluding hydrogens is 272 g/mol. The molecule has 1 fully saturated rings. The Balaban J connectivity index is 2.38. The lowest BCUT2D eigenvalue weighted by molar-refractivity contribution is -0.152. The molecule has 1 rings (SSSR count). The SMILES string of the molecule is CCOC(=O)C1CCN(C(=O)C(=O)NCCCl)CC1. The van der Waals surface area contributed by atoms with E-state index in [4.69, 9.17) is 16.3 Å². The molecule has 1 aliphatic heterocycles. The van der Waals surface area contributed by atoms with Crippen molar-refractivity contribution in [1.29, 1.82) is 0 Å². The van der Waals surface area contributed by atoms with Crippen molar-refractivity contribution in [2.45, 2.75) is 19.8 Å². The molecule has 0 atom stereocenters. The summed E-state index contributed by atoms with van der Waals surface area (Å²) in [4.78, 5) is 36.2. The number of amides is 2. The lowest BCUT2D eigenvalue weighted by Crippen LogP contribution is -2.47. The number of piperidine rings is 1.